The van der Waals surface area contributed by atoms with Crippen molar-refractivity contribution >= 4 is 5.82 Å². The summed E-state index contributed by atoms with van der Waals surface area (Å²) in [7, 11) is 0. The Hall–Kier alpha value is -1.09. The highest BCUT2D eigenvalue weighted by molar-refractivity contribution is 5.45. The van der Waals surface area contributed by atoms with Crippen LogP contribution in [-0.2, 0) is 5.41 Å². The minimum atomic E-state index is 0.0449. The van der Waals surface area contributed by atoms with Gasteiger partial charge in [-0.2, -0.15) is 0 Å². The van der Waals surface area contributed by atoms with Crippen LogP contribution in [0.5, 0.6) is 0 Å². The Balaban J connectivity index is 2.81. The largest absolute Gasteiger partial charge is 0.383 e. The molecule has 0 aromatic carbocycles. The minimum absolute atomic E-state index is 0.0449. The van der Waals surface area contributed by atoms with Gasteiger partial charge >= 0.3 is 0 Å². The lowest BCUT2D eigenvalue weighted by atomic mass is 9.79. The molecule has 1 aromatic rings. The summed E-state index contributed by atoms with van der Waals surface area (Å²) < 4.78 is 0. The van der Waals surface area contributed by atoms with E-state index in [1.807, 2.05) is 6.20 Å². The number of hydrogen-bond acceptors (Lipinski definition) is 3. The highest BCUT2D eigenvalue weighted by atomic mass is 14.9. The topological polar surface area (TPSA) is 50.9 Å². The van der Waals surface area contributed by atoms with Crippen LogP contribution in [0.3, 0.4) is 0 Å². The molecular weight excluding hydrogens is 222 g/mol. The Bertz CT molecular complexity index is 385. The van der Waals surface area contributed by atoms with Crippen LogP contribution in [0.1, 0.15) is 51.7 Å². The summed E-state index contributed by atoms with van der Waals surface area (Å²) in [6, 6.07) is 2.65. The molecule has 1 unspecified atom stereocenters. The van der Waals surface area contributed by atoms with E-state index in [1.165, 1.54) is 12.0 Å². The molecule has 0 aliphatic rings. The van der Waals surface area contributed by atoms with Crippen LogP contribution in [0.4, 0.5) is 5.82 Å². The van der Waals surface area contributed by atoms with E-state index in [-0.39, 0.29) is 5.41 Å². The number of pyridine rings is 1. The summed E-state index contributed by atoms with van der Waals surface area (Å²) in [5.41, 5.74) is 8.39. The maximum Gasteiger partial charge on any atom is 0.127 e. The van der Waals surface area contributed by atoms with Gasteiger partial charge in [-0.1, -0.05) is 26.8 Å². The predicted octanol–water partition coefficient (Wildman–Crippen LogP) is 3.03. The summed E-state index contributed by atoms with van der Waals surface area (Å²) in [5.74, 6) is 0.660. The molecule has 1 atom stereocenters. The molecule has 3 heteroatoms. The van der Waals surface area contributed by atoms with Crippen molar-refractivity contribution in [2.45, 2.75) is 58.9 Å². The van der Waals surface area contributed by atoms with Crippen molar-refractivity contribution in [3.8, 4) is 0 Å². The van der Waals surface area contributed by atoms with Crippen LogP contribution in [-0.4, -0.2) is 17.6 Å². The Kier molecular flexibility index (Phi) is 5.15. The molecule has 1 rings (SSSR count). The number of aromatic nitrogens is 1. The first-order valence-electron chi connectivity index (χ1n) is 6.82. The summed E-state index contributed by atoms with van der Waals surface area (Å²) >= 11 is 0. The minimum Gasteiger partial charge on any atom is -0.383 e. The molecule has 0 bridgehead atoms. The van der Waals surface area contributed by atoms with Crippen LogP contribution in [0, 0.1) is 6.92 Å². The third-order valence-electron chi connectivity index (χ3n) is 3.34. The number of anilines is 1. The Morgan fingerprint density at radius 2 is 2.11 bits per heavy atom. The van der Waals surface area contributed by atoms with Crippen LogP contribution in [0.2, 0.25) is 0 Å². The van der Waals surface area contributed by atoms with Crippen LogP contribution in [0.25, 0.3) is 0 Å². The van der Waals surface area contributed by atoms with Gasteiger partial charge in [0, 0.05) is 17.8 Å². The van der Waals surface area contributed by atoms with Gasteiger partial charge in [0.25, 0.3) is 0 Å². The average molecular weight is 249 g/mol. The Morgan fingerprint density at radius 1 is 1.44 bits per heavy atom. The van der Waals surface area contributed by atoms with Gasteiger partial charge in [0.05, 0.1) is 0 Å². The molecule has 1 aromatic heterocycles. The second-order valence-corrected chi connectivity index (χ2v) is 5.89. The van der Waals surface area contributed by atoms with E-state index in [2.05, 4.69) is 51.0 Å². The molecular formula is C15H27N3. The second kappa shape index (κ2) is 6.19. The summed E-state index contributed by atoms with van der Waals surface area (Å²) in [4.78, 5) is 4.27. The van der Waals surface area contributed by atoms with E-state index in [0.717, 1.165) is 18.5 Å². The fourth-order valence-electron chi connectivity index (χ4n) is 2.46. The molecule has 0 saturated heterocycles. The predicted molar refractivity (Wildman–Crippen MR) is 78.8 cm³/mol. The van der Waals surface area contributed by atoms with Crippen LogP contribution < -0.4 is 11.1 Å². The van der Waals surface area contributed by atoms with Crippen molar-refractivity contribution in [1.29, 1.82) is 0 Å². The summed E-state index contributed by atoms with van der Waals surface area (Å²) in [5, 5.41) is 3.53. The highest BCUT2D eigenvalue weighted by Gasteiger charge is 2.26. The molecule has 0 aliphatic carbocycles. The number of hydrogen-bond donors (Lipinski definition) is 2. The molecule has 3 nitrogen and oxygen atoms in total. The van der Waals surface area contributed by atoms with E-state index < -0.39 is 0 Å². The van der Waals surface area contributed by atoms with Crippen molar-refractivity contribution in [1.82, 2.24) is 10.3 Å². The lowest BCUT2D eigenvalue weighted by molar-refractivity contribution is 0.390. The molecule has 0 spiro atoms. The first-order chi connectivity index (χ1) is 8.36. The lowest BCUT2D eigenvalue weighted by Crippen LogP contribution is -2.34. The number of rotatable bonds is 6. The van der Waals surface area contributed by atoms with Crippen molar-refractivity contribution in [2.24, 2.45) is 0 Å². The van der Waals surface area contributed by atoms with Gasteiger partial charge in [-0.15, -0.1) is 0 Å². The third kappa shape index (κ3) is 3.98. The number of nitrogens with two attached hydrogens (primary N) is 1. The van der Waals surface area contributed by atoms with E-state index in [9.17, 15) is 0 Å². The van der Waals surface area contributed by atoms with Gasteiger partial charge < -0.3 is 11.1 Å². The van der Waals surface area contributed by atoms with Crippen LogP contribution >= 0.6 is 0 Å². The first-order valence-corrected chi connectivity index (χ1v) is 6.82. The zero-order valence-electron chi connectivity index (χ0n) is 12.4. The molecule has 0 radical (unpaired) electrons. The monoisotopic (exact) mass is 249 g/mol. The van der Waals surface area contributed by atoms with Gasteiger partial charge in [-0.05, 0) is 44.2 Å². The van der Waals surface area contributed by atoms with E-state index >= 15 is 0 Å². The number of nitrogen functional groups attached to an aromatic ring is 1. The Morgan fingerprint density at radius 3 is 2.72 bits per heavy atom. The van der Waals surface area contributed by atoms with Crippen molar-refractivity contribution in [3.05, 3.63) is 23.4 Å². The van der Waals surface area contributed by atoms with Gasteiger partial charge in [-0.3, -0.25) is 0 Å². The third-order valence-corrected chi connectivity index (χ3v) is 3.34. The van der Waals surface area contributed by atoms with Gasteiger partial charge in [-0.25, -0.2) is 4.98 Å². The van der Waals surface area contributed by atoms with E-state index in [0.29, 0.717) is 11.9 Å². The van der Waals surface area contributed by atoms with Crippen molar-refractivity contribution < 1.29 is 0 Å². The van der Waals surface area contributed by atoms with Crippen molar-refractivity contribution in [2.75, 3.05) is 12.3 Å². The number of nitrogens with one attached hydrogen (secondary N) is 1. The molecule has 18 heavy (non-hydrogen) atoms. The number of aryl methyl sites for hydroxylation is 1. The van der Waals surface area contributed by atoms with E-state index in [4.69, 9.17) is 5.73 Å². The standard InChI is InChI=1S/C15H27N3/c1-6-7-17-12(3)9-15(4,5)13-8-11(2)10-18-14(13)16/h8,10,12,17H,6-7,9H2,1-5H3,(H2,16,18). The summed E-state index contributed by atoms with van der Waals surface area (Å²) in [6.45, 7) is 12.0. The van der Waals surface area contributed by atoms with Crippen molar-refractivity contribution in [3.63, 3.8) is 0 Å². The smallest absolute Gasteiger partial charge is 0.127 e. The molecule has 0 fully saturated rings. The average Bonchev–Trinajstić information content (AvgIpc) is 2.29. The maximum absolute atomic E-state index is 6.02. The molecule has 0 saturated carbocycles. The SMILES string of the molecule is CCCNC(C)CC(C)(C)c1cc(C)cnc1N. The fourth-order valence-corrected chi connectivity index (χ4v) is 2.46. The molecule has 0 aliphatic heterocycles. The van der Waals surface area contributed by atoms with Crippen LogP contribution in [0.15, 0.2) is 12.3 Å². The van der Waals surface area contributed by atoms with Gasteiger partial charge in [0.15, 0.2) is 0 Å². The van der Waals surface area contributed by atoms with Gasteiger partial charge in [0.2, 0.25) is 0 Å². The zero-order chi connectivity index (χ0) is 13.8. The first kappa shape index (κ1) is 15.0. The Labute approximate surface area is 111 Å². The molecule has 102 valence electrons. The summed E-state index contributed by atoms with van der Waals surface area (Å²) in [6.07, 6.45) is 4.05. The quantitative estimate of drug-likeness (QED) is 0.815. The zero-order valence-corrected chi connectivity index (χ0v) is 12.4. The number of nitrogens with zero attached hydrogens (tertiary/aromatic N) is 1. The normalized spacial score (nSPS) is 13.6. The second-order valence-electron chi connectivity index (χ2n) is 5.89. The fraction of sp³-hybridized carbons (Fsp3) is 0.667. The molecule has 0 amide bonds. The van der Waals surface area contributed by atoms with E-state index in [1.54, 1.807) is 0 Å². The maximum atomic E-state index is 6.02. The molecule has 3 N–H and O–H groups in total. The lowest BCUT2D eigenvalue weighted by Gasteiger charge is -2.30. The highest BCUT2D eigenvalue weighted by Crippen LogP contribution is 2.32. The van der Waals surface area contributed by atoms with Gasteiger partial charge in [0.1, 0.15) is 5.82 Å². The molecule has 1 heterocycles.